The Morgan fingerprint density at radius 2 is 1.63 bits per heavy atom. The summed E-state index contributed by atoms with van der Waals surface area (Å²) in [6.07, 6.45) is 0.220. The quantitative estimate of drug-likeness (QED) is 0.856. The van der Waals surface area contributed by atoms with E-state index in [2.05, 4.69) is 0 Å². The number of sulfone groups is 1. The number of amides is 2. The number of para-hydroxylation sites is 1. The standard InChI is InChI=1S/C17H13F3N2O4S/c18-17(19,20)27(25,26)12-7-5-10(6-8-12)16(24)22-13-4-2-1-3-11(13)9-14(22)15(21)23/h1-8,14H,9H2,(H2,21,23)/t14-/m0/s1. The number of fused-ring (bicyclic) bond motifs is 1. The fourth-order valence-corrected chi connectivity index (χ4v) is 3.68. The van der Waals surface area contributed by atoms with Crippen LogP contribution in [-0.4, -0.2) is 31.8 Å². The lowest BCUT2D eigenvalue weighted by Gasteiger charge is -2.23. The Morgan fingerprint density at radius 3 is 2.19 bits per heavy atom. The number of alkyl halides is 3. The monoisotopic (exact) mass is 398 g/mol. The summed E-state index contributed by atoms with van der Waals surface area (Å²) in [5.74, 6) is -1.39. The number of nitrogens with two attached hydrogens (primary N) is 1. The molecule has 1 atom stereocenters. The van der Waals surface area contributed by atoms with E-state index in [0.717, 1.165) is 17.7 Å². The summed E-state index contributed by atoms with van der Waals surface area (Å²) in [5.41, 5.74) is 1.06. The van der Waals surface area contributed by atoms with E-state index in [9.17, 15) is 31.2 Å². The molecule has 1 aliphatic heterocycles. The lowest BCUT2D eigenvalue weighted by Crippen LogP contribution is -2.46. The van der Waals surface area contributed by atoms with Gasteiger partial charge in [-0.15, -0.1) is 0 Å². The second-order valence-corrected chi connectivity index (χ2v) is 7.84. The lowest BCUT2D eigenvalue weighted by atomic mass is 10.1. The molecule has 0 saturated carbocycles. The van der Waals surface area contributed by atoms with Gasteiger partial charge in [0, 0.05) is 17.7 Å². The van der Waals surface area contributed by atoms with Crippen molar-refractivity contribution in [3.05, 3.63) is 59.7 Å². The molecular formula is C17H13F3N2O4S. The molecule has 0 saturated heterocycles. The van der Waals surface area contributed by atoms with E-state index in [-0.39, 0.29) is 12.0 Å². The van der Waals surface area contributed by atoms with E-state index in [1.54, 1.807) is 24.3 Å². The van der Waals surface area contributed by atoms with E-state index in [4.69, 9.17) is 5.73 Å². The number of nitrogens with zero attached hydrogens (tertiary/aromatic N) is 1. The maximum absolute atomic E-state index is 12.8. The van der Waals surface area contributed by atoms with Gasteiger partial charge in [-0.1, -0.05) is 18.2 Å². The van der Waals surface area contributed by atoms with Gasteiger partial charge < -0.3 is 5.73 Å². The third-order valence-electron chi connectivity index (χ3n) is 4.24. The minimum absolute atomic E-state index is 0.0703. The zero-order valence-corrected chi connectivity index (χ0v) is 14.4. The topological polar surface area (TPSA) is 97.5 Å². The van der Waals surface area contributed by atoms with Gasteiger partial charge in [0.2, 0.25) is 5.91 Å². The smallest absolute Gasteiger partial charge is 0.368 e. The molecule has 2 aromatic carbocycles. The summed E-state index contributed by atoms with van der Waals surface area (Å²) < 4.78 is 60.7. The Kier molecular flexibility index (Phi) is 4.46. The third-order valence-corrected chi connectivity index (χ3v) is 5.74. The zero-order valence-electron chi connectivity index (χ0n) is 13.6. The largest absolute Gasteiger partial charge is 0.501 e. The van der Waals surface area contributed by atoms with Gasteiger partial charge in [0.25, 0.3) is 15.7 Å². The van der Waals surface area contributed by atoms with Crippen LogP contribution in [0.5, 0.6) is 0 Å². The summed E-state index contributed by atoms with van der Waals surface area (Å²) in [4.78, 5) is 24.8. The summed E-state index contributed by atoms with van der Waals surface area (Å²) in [6.45, 7) is 0. The molecule has 2 N–H and O–H groups in total. The van der Waals surface area contributed by atoms with E-state index >= 15 is 0 Å². The maximum Gasteiger partial charge on any atom is 0.501 e. The molecule has 0 unspecified atom stereocenters. The van der Waals surface area contributed by atoms with E-state index < -0.39 is 38.1 Å². The Balaban J connectivity index is 1.97. The molecule has 0 spiro atoms. The Morgan fingerprint density at radius 1 is 1.04 bits per heavy atom. The zero-order chi connectivity index (χ0) is 20.0. The molecule has 1 heterocycles. The number of primary amides is 1. The summed E-state index contributed by atoms with van der Waals surface area (Å²) in [5, 5.41) is 0. The number of benzene rings is 2. The van der Waals surface area contributed by atoms with Crippen LogP contribution in [0.25, 0.3) is 0 Å². The Labute approximate surface area is 152 Å². The van der Waals surface area contributed by atoms with Gasteiger partial charge in [0.15, 0.2) is 0 Å². The van der Waals surface area contributed by atoms with Crippen molar-refractivity contribution >= 4 is 27.3 Å². The highest BCUT2D eigenvalue weighted by atomic mass is 32.2. The van der Waals surface area contributed by atoms with Gasteiger partial charge in [-0.05, 0) is 35.9 Å². The van der Waals surface area contributed by atoms with Crippen molar-refractivity contribution in [1.82, 2.24) is 0 Å². The molecule has 6 nitrogen and oxygen atoms in total. The summed E-state index contributed by atoms with van der Waals surface area (Å²) in [7, 11) is -5.51. The van der Waals surface area contributed by atoms with Crippen LogP contribution in [-0.2, 0) is 21.1 Å². The summed E-state index contributed by atoms with van der Waals surface area (Å²) >= 11 is 0. The molecule has 2 aromatic rings. The first-order valence-electron chi connectivity index (χ1n) is 7.66. The maximum atomic E-state index is 12.8. The van der Waals surface area contributed by atoms with Crippen LogP contribution in [0.15, 0.2) is 53.4 Å². The average Bonchev–Trinajstić information content (AvgIpc) is 3.00. The number of anilines is 1. The molecule has 0 bridgehead atoms. The highest BCUT2D eigenvalue weighted by Gasteiger charge is 2.47. The Hall–Kier alpha value is -2.88. The third kappa shape index (κ3) is 3.16. The molecule has 3 rings (SSSR count). The van der Waals surface area contributed by atoms with Gasteiger partial charge in [-0.2, -0.15) is 13.2 Å². The lowest BCUT2D eigenvalue weighted by molar-refractivity contribution is -0.119. The minimum atomic E-state index is -5.51. The molecule has 2 amide bonds. The first-order chi connectivity index (χ1) is 12.5. The van der Waals surface area contributed by atoms with Crippen LogP contribution in [0.4, 0.5) is 18.9 Å². The van der Waals surface area contributed by atoms with Crippen molar-refractivity contribution in [1.29, 1.82) is 0 Å². The molecular weight excluding hydrogens is 385 g/mol. The number of hydrogen-bond acceptors (Lipinski definition) is 4. The van der Waals surface area contributed by atoms with E-state index in [1.165, 1.54) is 4.90 Å². The van der Waals surface area contributed by atoms with Gasteiger partial charge in [-0.3, -0.25) is 14.5 Å². The minimum Gasteiger partial charge on any atom is -0.368 e. The van der Waals surface area contributed by atoms with Crippen LogP contribution >= 0.6 is 0 Å². The first kappa shape index (κ1) is 18.9. The predicted molar refractivity (Wildman–Crippen MR) is 89.6 cm³/mol. The molecule has 0 aliphatic carbocycles. The van der Waals surface area contributed by atoms with Crippen LogP contribution in [0, 0.1) is 0 Å². The molecule has 142 valence electrons. The van der Waals surface area contributed by atoms with Crippen molar-refractivity contribution in [3.63, 3.8) is 0 Å². The normalized spacial score (nSPS) is 16.9. The molecule has 0 radical (unpaired) electrons. The van der Waals surface area contributed by atoms with Crippen LogP contribution < -0.4 is 10.6 Å². The number of carbonyl (C=O) groups is 2. The van der Waals surface area contributed by atoms with Crippen LogP contribution in [0.1, 0.15) is 15.9 Å². The van der Waals surface area contributed by atoms with Crippen molar-refractivity contribution in [2.24, 2.45) is 5.73 Å². The fraction of sp³-hybridized carbons (Fsp3) is 0.176. The summed E-state index contributed by atoms with van der Waals surface area (Å²) in [6, 6.07) is 9.18. The number of carbonyl (C=O) groups excluding carboxylic acids is 2. The van der Waals surface area contributed by atoms with E-state index in [0.29, 0.717) is 17.8 Å². The first-order valence-corrected chi connectivity index (χ1v) is 9.14. The molecule has 10 heteroatoms. The number of halogens is 3. The predicted octanol–water partition coefficient (Wildman–Crippen LogP) is 2.04. The van der Waals surface area contributed by atoms with E-state index in [1.807, 2.05) is 0 Å². The molecule has 1 aliphatic rings. The van der Waals surface area contributed by atoms with Crippen LogP contribution in [0.3, 0.4) is 0 Å². The number of rotatable bonds is 3. The molecule has 27 heavy (non-hydrogen) atoms. The highest BCUT2D eigenvalue weighted by Crippen LogP contribution is 2.34. The van der Waals surface area contributed by atoms with Gasteiger partial charge in [-0.25, -0.2) is 8.42 Å². The average molecular weight is 398 g/mol. The second-order valence-electron chi connectivity index (χ2n) is 5.90. The van der Waals surface area contributed by atoms with Crippen molar-refractivity contribution in [2.45, 2.75) is 22.9 Å². The van der Waals surface area contributed by atoms with Crippen molar-refractivity contribution < 1.29 is 31.2 Å². The molecule has 0 fully saturated rings. The SMILES string of the molecule is NC(=O)[C@@H]1Cc2ccccc2N1C(=O)c1ccc(S(=O)(=O)C(F)(F)F)cc1. The van der Waals surface area contributed by atoms with Gasteiger partial charge in [0.05, 0.1) is 4.90 Å². The van der Waals surface area contributed by atoms with Gasteiger partial charge >= 0.3 is 5.51 Å². The fourth-order valence-electron chi connectivity index (χ4n) is 2.91. The highest BCUT2D eigenvalue weighted by molar-refractivity contribution is 7.92. The Bertz CT molecular complexity index is 1020. The second kappa shape index (κ2) is 6.38. The van der Waals surface area contributed by atoms with Gasteiger partial charge in [0.1, 0.15) is 6.04 Å². The van der Waals surface area contributed by atoms with Crippen LogP contribution in [0.2, 0.25) is 0 Å². The van der Waals surface area contributed by atoms with Crippen molar-refractivity contribution in [3.8, 4) is 0 Å². The molecule has 0 aromatic heterocycles. The van der Waals surface area contributed by atoms with Crippen molar-refractivity contribution in [2.75, 3.05) is 4.90 Å². The number of hydrogen-bond donors (Lipinski definition) is 1.